The first-order valence-electron chi connectivity index (χ1n) is 5.90. The van der Waals surface area contributed by atoms with Crippen molar-refractivity contribution in [1.29, 1.82) is 0 Å². The van der Waals surface area contributed by atoms with Crippen LogP contribution in [-0.2, 0) is 0 Å². The van der Waals surface area contributed by atoms with Crippen LogP contribution >= 0.6 is 15.9 Å². The van der Waals surface area contributed by atoms with Gasteiger partial charge in [-0.2, -0.15) is 0 Å². The predicted octanol–water partition coefficient (Wildman–Crippen LogP) is 3.60. The first kappa shape index (κ1) is 15.1. The molecule has 2 nitrogen and oxygen atoms in total. The fourth-order valence-corrected chi connectivity index (χ4v) is 2.01. The van der Waals surface area contributed by atoms with E-state index in [2.05, 4.69) is 15.9 Å². The highest BCUT2D eigenvalue weighted by Crippen LogP contribution is 2.12. The topological polar surface area (TPSA) is 20.3 Å². The van der Waals surface area contributed by atoms with E-state index in [1.165, 1.54) is 6.07 Å². The average Bonchev–Trinajstić information content (AvgIpc) is 2.37. The Hall–Kier alpha value is -0.970. The Morgan fingerprint density at radius 1 is 1.28 bits per heavy atom. The van der Waals surface area contributed by atoms with Crippen LogP contribution in [0.2, 0.25) is 0 Å². The van der Waals surface area contributed by atoms with Crippen LogP contribution in [0.5, 0.6) is 0 Å². The van der Waals surface area contributed by atoms with E-state index in [4.69, 9.17) is 0 Å². The van der Waals surface area contributed by atoms with E-state index in [0.29, 0.717) is 18.4 Å². The summed E-state index contributed by atoms with van der Waals surface area (Å²) >= 11 is 3.28. The molecule has 0 spiro atoms. The van der Waals surface area contributed by atoms with Crippen molar-refractivity contribution >= 4 is 21.8 Å². The van der Waals surface area contributed by atoms with Crippen molar-refractivity contribution in [3.63, 3.8) is 0 Å². The highest BCUT2D eigenvalue weighted by Gasteiger charge is 2.16. The third-order valence-electron chi connectivity index (χ3n) is 2.59. The Kier molecular flexibility index (Phi) is 6.25. The molecule has 0 atom stereocenters. The van der Waals surface area contributed by atoms with Gasteiger partial charge in [0, 0.05) is 24.0 Å². The molecule has 1 rings (SSSR count). The SMILES string of the molecule is CCCCN(CCBr)C(=O)c1ccc(F)c(F)c1. The Bertz CT molecular complexity index is 412. The standard InChI is InChI=1S/C13H16BrF2NO/c1-2-3-7-17(8-6-14)13(18)10-4-5-11(15)12(16)9-10/h4-5,9H,2-3,6-8H2,1H3. The van der Waals surface area contributed by atoms with Gasteiger partial charge in [0.15, 0.2) is 11.6 Å². The molecular formula is C13H16BrF2NO. The number of unbranched alkanes of at least 4 members (excludes halogenated alkanes) is 1. The molecule has 0 radical (unpaired) electrons. The second-order valence-corrected chi connectivity index (χ2v) is 4.76. The van der Waals surface area contributed by atoms with Crippen LogP contribution in [0.4, 0.5) is 8.78 Å². The van der Waals surface area contributed by atoms with Gasteiger partial charge in [0.2, 0.25) is 0 Å². The largest absolute Gasteiger partial charge is 0.338 e. The minimum Gasteiger partial charge on any atom is -0.338 e. The van der Waals surface area contributed by atoms with E-state index >= 15 is 0 Å². The summed E-state index contributed by atoms with van der Waals surface area (Å²) in [6.45, 7) is 3.21. The lowest BCUT2D eigenvalue weighted by Gasteiger charge is -2.21. The summed E-state index contributed by atoms with van der Waals surface area (Å²) in [6.07, 6.45) is 1.87. The van der Waals surface area contributed by atoms with E-state index in [0.717, 1.165) is 25.0 Å². The van der Waals surface area contributed by atoms with Crippen molar-refractivity contribution in [2.45, 2.75) is 19.8 Å². The predicted molar refractivity (Wildman–Crippen MR) is 71.0 cm³/mol. The van der Waals surface area contributed by atoms with Gasteiger partial charge in [-0.15, -0.1) is 0 Å². The van der Waals surface area contributed by atoms with Crippen molar-refractivity contribution < 1.29 is 13.6 Å². The van der Waals surface area contributed by atoms with E-state index < -0.39 is 11.6 Å². The van der Waals surface area contributed by atoms with Crippen molar-refractivity contribution in [1.82, 2.24) is 4.90 Å². The first-order valence-corrected chi connectivity index (χ1v) is 7.02. The third-order valence-corrected chi connectivity index (χ3v) is 2.94. The molecule has 0 N–H and O–H groups in total. The molecule has 5 heteroatoms. The van der Waals surface area contributed by atoms with Crippen molar-refractivity contribution in [3.05, 3.63) is 35.4 Å². The summed E-state index contributed by atoms with van der Waals surface area (Å²) in [5.74, 6) is -2.19. The fourth-order valence-electron chi connectivity index (χ4n) is 1.58. The zero-order valence-electron chi connectivity index (χ0n) is 10.3. The van der Waals surface area contributed by atoms with Gasteiger partial charge in [0.05, 0.1) is 0 Å². The van der Waals surface area contributed by atoms with Crippen LogP contribution in [0.1, 0.15) is 30.1 Å². The molecule has 1 aromatic carbocycles. The maximum Gasteiger partial charge on any atom is 0.253 e. The maximum absolute atomic E-state index is 13.1. The maximum atomic E-state index is 13.1. The monoisotopic (exact) mass is 319 g/mol. The Morgan fingerprint density at radius 3 is 2.56 bits per heavy atom. The molecule has 0 aliphatic heterocycles. The molecule has 0 heterocycles. The number of halogens is 3. The first-order chi connectivity index (χ1) is 8.60. The van der Waals surface area contributed by atoms with Crippen molar-refractivity contribution in [3.8, 4) is 0 Å². The molecule has 0 fully saturated rings. The number of amides is 1. The minimum atomic E-state index is -0.991. The van der Waals surface area contributed by atoms with Crippen LogP contribution in [0.25, 0.3) is 0 Å². The summed E-state index contributed by atoms with van der Waals surface area (Å²) in [5, 5.41) is 0.659. The van der Waals surface area contributed by atoms with Gasteiger partial charge in [-0.3, -0.25) is 4.79 Å². The third kappa shape index (κ3) is 4.05. The fraction of sp³-hybridized carbons (Fsp3) is 0.462. The highest BCUT2D eigenvalue weighted by atomic mass is 79.9. The molecule has 0 aliphatic carbocycles. The minimum absolute atomic E-state index is 0.186. The lowest BCUT2D eigenvalue weighted by molar-refractivity contribution is 0.0763. The Morgan fingerprint density at radius 2 is 2.00 bits per heavy atom. The summed E-state index contributed by atoms with van der Waals surface area (Å²) in [5.41, 5.74) is 0.186. The molecular weight excluding hydrogens is 304 g/mol. The van der Waals surface area contributed by atoms with Gasteiger partial charge in [-0.05, 0) is 24.6 Å². The molecule has 0 saturated carbocycles. The molecule has 0 aliphatic rings. The summed E-state index contributed by atoms with van der Waals surface area (Å²) in [6, 6.07) is 3.24. The van der Waals surface area contributed by atoms with E-state index in [1.54, 1.807) is 4.90 Å². The summed E-state index contributed by atoms with van der Waals surface area (Å²) in [7, 11) is 0. The van der Waals surface area contributed by atoms with Gasteiger partial charge < -0.3 is 4.90 Å². The van der Waals surface area contributed by atoms with Crippen LogP contribution in [0.15, 0.2) is 18.2 Å². The van der Waals surface area contributed by atoms with Gasteiger partial charge in [-0.25, -0.2) is 8.78 Å². The zero-order chi connectivity index (χ0) is 13.5. The number of hydrogen-bond acceptors (Lipinski definition) is 1. The lowest BCUT2D eigenvalue weighted by atomic mass is 10.1. The van der Waals surface area contributed by atoms with Crippen LogP contribution < -0.4 is 0 Å². The smallest absolute Gasteiger partial charge is 0.253 e. The van der Waals surface area contributed by atoms with Gasteiger partial charge in [-0.1, -0.05) is 29.3 Å². The van der Waals surface area contributed by atoms with Crippen LogP contribution in [-0.4, -0.2) is 29.2 Å². The van der Waals surface area contributed by atoms with Crippen LogP contribution in [0, 0.1) is 11.6 Å². The van der Waals surface area contributed by atoms with E-state index in [9.17, 15) is 13.6 Å². The highest BCUT2D eigenvalue weighted by molar-refractivity contribution is 9.09. The van der Waals surface area contributed by atoms with Gasteiger partial charge in [0.1, 0.15) is 0 Å². The second-order valence-electron chi connectivity index (χ2n) is 3.96. The average molecular weight is 320 g/mol. The molecule has 1 aromatic rings. The van der Waals surface area contributed by atoms with E-state index in [1.807, 2.05) is 6.92 Å². The number of nitrogens with zero attached hydrogens (tertiary/aromatic N) is 1. The number of benzene rings is 1. The lowest BCUT2D eigenvalue weighted by Crippen LogP contribution is -2.33. The number of carbonyl (C=O) groups is 1. The zero-order valence-corrected chi connectivity index (χ0v) is 11.8. The van der Waals surface area contributed by atoms with Crippen molar-refractivity contribution in [2.24, 2.45) is 0 Å². The molecule has 0 bridgehead atoms. The molecule has 0 aromatic heterocycles. The number of rotatable bonds is 6. The molecule has 100 valence electrons. The summed E-state index contributed by atoms with van der Waals surface area (Å²) in [4.78, 5) is 13.8. The molecule has 0 saturated heterocycles. The Balaban J connectivity index is 2.83. The normalized spacial score (nSPS) is 10.4. The van der Waals surface area contributed by atoms with Crippen molar-refractivity contribution in [2.75, 3.05) is 18.4 Å². The summed E-state index contributed by atoms with van der Waals surface area (Å²) < 4.78 is 25.9. The molecule has 0 unspecified atom stereocenters. The number of carbonyl (C=O) groups excluding carboxylic acids is 1. The Labute approximate surface area is 114 Å². The van der Waals surface area contributed by atoms with E-state index in [-0.39, 0.29) is 11.5 Å². The number of hydrogen-bond donors (Lipinski definition) is 0. The quantitative estimate of drug-likeness (QED) is 0.734. The second kappa shape index (κ2) is 7.46. The van der Waals surface area contributed by atoms with Gasteiger partial charge in [0.25, 0.3) is 5.91 Å². The number of alkyl halides is 1. The molecule has 18 heavy (non-hydrogen) atoms. The van der Waals surface area contributed by atoms with Gasteiger partial charge >= 0.3 is 0 Å². The molecule has 1 amide bonds. The van der Waals surface area contributed by atoms with Crippen LogP contribution in [0.3, 0.4) is 0 Å².